The van der Waals surface area contributed by atoms with E-state index in [0.29, 0.717) is 24.8 Å². The first-order valence-corrected chi connectivity index (χ1v) is 6.13. The van der Waals surface area contributed by atoms with E-state index in [-0.39, 0.29) is 23.5 Å². The SMILES string of the molecule is O=C1CCC(Cc2cc(Br)ccc2F)C(=O)N1. The summed E-state index contributed by atoms with van der Waals surface area (Å²) in [4.78, 5) is 22.5. The minimum absolute atomic E-state index is 0.249. The molecule has 2 amide bonds. The molecule has 17 heavy (non-hydrogen) atoms. The van der Waals surface area contributed by atoms with Crippen molar-refractivity contribution in [3.05, 3.63) is 34.1 Å². The van der Waals surface area contributed by atoms with Gasteiger partial charge >= 0.3 is 0 Å². The van der Waals surface area contributed by atoms with E-state index in [1.165, 1.54) is 6.07 Å². The Morgan fingerprint density at radius 3 is 2.88 bits per heavy atom. The number of nitrogens with one attached hydrogen (secondary N) is 1. The molecule has 1 heterocycles. The molecule has 1 aliphatic heterocycles. The monoisotopic (exact) mass is 299 g/mol. The van der Waals surface area contributed by atoms with Crippen LogP contribution in [0.25, 0.3) is 0 Å². The summed E-state index contributed by atoms with van der Waals surface area (Å²) >= 11 is 3.26. The number of halogens is 2. The summed E-state index contributed by atoms with van der Waals surface area (Å²) < 4.78 is 14.3. The number of carbonyl (C=O) groups is 2. The fourth-order valence-electron chi connectivity index (χ4n) is 1.90. The predicted octanol–water partition coefficient (Wildman–Crippen LogP) is 2.18. The van der Waals surface area contributed by atoms with Crippen LogP contribution in [0, 0.1) is 11.7 Å². The number of imide groups is 1. The largest absolute Gasteiger partial charge is 0.296 e. The van der Waals surface area contributed by atoms with Crippen LogP contribution in [-0.4, -0.2) is 11.8 Å². The third kappa shape index (κ3) is 2.91. The van der Waals surface area contributed by atoms with Crippen LogP contribution in [0.3, 0.4) is 0 Å². The molecule has 0 aliphatic carbocycles. The van der Waals surface area contributed by atoms with Crippen molar-refractivity contribution in [1.29, 1.82) is 0 Å². The summed E-state index contributed by atoms with van der Waals surface area (Å²) in [5.41, 5.74) is 0.494. The molecule has 1 fully saturated rings. The molecule has 1 saturated heterocycles. The second-order valence-corrected chi connectivity index (χ2v) is 5.00. The molecule has 1 aliphatic rings. The second-order valence-electron chi connectivity index (χ2n) is 4.09. The maximum atomic E-state index is 13.5. The normalized spacial score (nSPS) is 20.2. The van der Waals surface area contributed by atoms with Gasteiger partial charge in [-0.15, -0.1) is 0 Å². The molecule has 0 bridgehead atoms. The van der Waals surface area contributed by atoms with Gasteiger partial charge in [-0.3, -0.25) is 14.9 Å². The first-order chi connectivity index (χ1) is 8.06. The Morgan fingerprint density at radius 2 is 2.18 bits per heavy atom. The van der Waals surface area contributed by atoms with Gasteiger partial charge in [0.2, 0.25) is 11.8 Å². The van der Waals surface area contributed by atoms with Crippen LogP contribution in [0.5, 0.6) is 0 Å². The highest BCUT2D eigenvalue weighted by atomic mass is 79.9. The Kier molecular flexibility index (Phi) is 3.57. The van der Waals surface area contributed by atoms with Crippen LogP contribution < -0.4 is 5.32 Å². The van der Waals surface area contributed by atoms with Crippen LogP contribution in [0.4, 0.5) is 4.39 Å². The van der Waals surface area contributed by atoms with Gasteiger partial charge in [-0.2, -0.15) is 0 Å². The summed E-state index contributed by atoms with van der Waals surface area (Å²) in [5, 5.41) is 2.27. The Morgan fingerprint density at radius 1 is 1.41 bits per heavy atom. The molecule has 0 aromatic heterocycles. The highest BCUT2D eigenvalue weighted by Gasteiger charge is 2.27. The number of rotatable bonds is 2. The maximum Gasteiger partial charge on any atom is 0.230 e. The third-order valence-corrected chi connectivity index (χ3v) is 3.32. The average molecular weight is 300 g/mol. The van der Waals surface area contributed by atoms with Crippen LogP contribution in [-0.2, 0) is 16.0 Å². The van der Waals surface area contributed by atoms with Gasteiger partial charge in [0.1, 0.15) is 5.82 Å². The zero-order valence-electron chi connectivity index (χ0n) is 9.00. The number of carbonyl (C=O) groups excluding carboxylic acids is 2. The topological polar surface area (TPSA) is 46.2 Å². The van der Waals surface area contributed by atoms with E-state index in [1.807, 2.05) is 0 Å². The van der Waals surface area contributed by atoms with E-state index in [1.54, 1.807) is 12.1 Å². The number of amides is 2. The first-order valence-electron chi connectivity index (χ1n) is 5.34. The summed E-state index contributed by atoms with van der Waals surface area (Å²) in [6.07, 6.45) is 1.13. The van der Waals surface area contributed by atoms with Crippen LogP contribution in [0.1, 0.15) is 18.4 Å². The Balaban J connectivity index is 2.13. The van der Waals surface area contributed by atoms with Gasteiger partial charge in [0.25, 0.3) is 0 Å². The number of hydrogen-bond acceptors (Lipinski definition) is 2. The van der Waals surface area contributed by atoms with Crippen molar-refractivity contribution >= 4 is 27.7 Å². The lowest BCUT2D eigenvalue weighted by molar-refractivity contribution is -0.136. The molecule has 90 valence electrons. The van der Waals surface area contributed by atoms with Gasteiger partial charge in [0.05, 0.1) is 0 Å². The van der Waals surface area contributed by atoms with Gasteiger partial charge in [-0.25, -0.2) is 4.39 Å². The molecular weight excluding hydrogens is 289 g/mol. The van der Waals surface area contributed by atoms with Crippen molar-refractivity contribution in [2.45, 2.75) is 19.3 Å². The minimum Gasteiger partial charge on any atom is -0.296 e. The quantitative estimate of drug-likeness (QED) is 0.851. The van der Waals surface area contributed by atoms with Crippen molar-refractivity contribution in [2.75, 3.05) is 0 Å². The molecule has 3 nitrogen and oxygen atoms in total. The van der Waals surface area contributed by atoms with Crippen LogP contribution in [0.15, 0.2) is 22.7 Å². The summed E-state index contributed by atoms with van der Waals surface area (Å²) in [7, 11) is 0. The Hall–Kier alpha value is -1.23. The van der Waals surface area contributed by atoms with Gasteiger partial charge in [0.15, 0.2) is 0 Å². The van der Waals surface area contributed by atoms with E-state index in [2.05, 4.69) is 21.2 Å². The molecule has 0 saturated carbocycles. The zero-order chi connectivity index (χ0) is 12.4. The molecule has 1 N–H and O–H groups in total. The van der Waals surface area contributed by atoms with E-state index < -0.39 is 0 Å². The smallest absolute Gasteiger partial charge is 0.230 e. The standard InChI is InChI=1S/C12H11BrFNO2/c13-9-2-3-10(14)8(6-9)5-7-1-4-11(16)15-12(7)17/h2-3,6-7H,1,4-5H2,(H,15,16,17). The third-order valence-electron chi connectivity index (χ3n) is 2.83. The van der Waals surface area contributed by atoms with Crippen molar-refractivity contribution in [3.63, 3.8) is 0 Å². The first kappa shape index (κ1) is 12.2. The lowest BCUT2D eigenvalue weighted by Crippen LogP contribution is -2.41. The van der Waals surface area contributed by atoms with Gasteiger partial charge in [0, 0.05) is 16.8 Å². The highest BCUT2D eigenvalue weighted by molar-refractivity contribution is 9.10. The van der Waals surface area contributed by atoms with E-state index in [9.17, 15) is 14.0 Å². The Bertz CT molecular complexity index is 476. The zero-order valence-corrected chi connectivity index (χ0v) is 10.6. The molecule has 1 unspecified atom stereocenters. The molecule has 2 rings (SSSR count). The fraction of sp³-hybridized carbons (Fsp3) is 0.333. The van der Waals surface area contributed by atoms with Gasteiger partial charge in [-0.1, -0.05) is 15.9 Å². The molecule has 1 aromatic carbocycles. The highest BCUT2D eigenvalue weighted by Crippen LogP contribution is 2.22. The van der Waals surface area contributed by atoms with E-state index in [4.69, 9.17) is 0 Å². The number of hydrogen-bond donors (Lipinski definition) is 1. The minimum atomic E-state index is -0.323. The van der Waals surface area contributed by atoms with Crippen LogP contribution in [0.2, 0.25) is 0 Å². The van der Waals surface area contributed by atoms with Crippen molar-refractivity contribution in [2.24, 2.45) is 5.92 Å². The van der Waals surface area contributed by atoms with Crippen molar-refractivity contribution < 1.29 is 14.0 Å². The van der Waals surface area contributed by atoms with Crippen molar-refractivity contribution in [3.8, 4) is 0 Å². The maximum absolute atomic E-state index is 13.5. The summed E-state index contributed by atoms with van der Waals surface area (Å²) in [6.45, 7) is 0. The molecule has 1 atom stereocenters. The number of piperidine rings is 1. The fourth-order valence-corrected chi connectivity index (χ4v) is 2.31. The molecule has 1 aromatic rings. The van der Waals surface area contributed by atoms with E-state index in [0.717, 1.165) is 4.47 Å². The van der Waals surface area contributed by atoms with Gasteiger partial charge in [-0.05, 0) is 36.6 Å². The van der Waals surface area contributed by atoms with Crippen molar-refractivity contribution in [1.82, 2.24) is 5.32 Å². The molecule has 0 spiro atoms. The molecule has 0 radical (unpaired) electrons. The summed E-state index contributed by atoms with van der Waals surface area (Å²) in [6, 6.07) is 4.65. The summed E-state index contributed by atoms with van der Waals surface area (Å²) in [5.74, 6) is -1.20. The second kappa shape index (κ2) is 4.96. The average Bonchev–Trinajstić information content (AvgIpc) is 2.27. The van der Waals surface area contributed by atoms with Gasteiger partial charge < -0.3 is 0 Å². The predicted molar refractivity (Wildman–Crippen MR) is 63.7 cm³/mol. The molecular formula is C12H11BrFNO2. The Labute approximate surface area is 107 Å². The van der Waals surface area contributed by atoms with Crippen LogP contribution >= 0.6 is 15.9 Å². The van der Waals surface area contributed by atoms with E-state index >= 15 is 0 Å². The lowest BCUT2D eigenvalue weighted by Gasteiger charge is -2.20. The number of benzene rings is 1. The molecule has 5 heteroatoms. The lowest BCUT2D eigenvalue weighted by atomic mass is 9.91.